The van der Waals surface area contributed by atoms with Gasteiger partial charge in [0.15, 0.2) is 0 Å². The van der Waals surface area contributed by atoms with Crippen molar-refractivity contribution in [2.24, 2.45) is 0 Å². The summed E-state index contributed by atoms with van der Waals surface area (Å²) >= 11 is 1.04. The lowest BCUT2D eigenvalue weighted by Gasteiger charge is -2.13. The zero-order chi connectivity index (χ0) is 22.6. The molecular weight excluding hydrogens is 425 g/mol. The SMILES string of the molecule is CN(C)C(=O)Sc1cccc(NC(=O)c2ccccc2-c2ccc(C(F)(F)F)cc2)c1. The Morgan fingerprint density at radius 3 is 2.23 bits per heavy atom. The normalized spacial score (nSPS) is 11.1. The third-order valence-electron chi connectivity index (χ3n) is 4.36. The first kappa shape index (κ1) is 22.4. The van der Waals surface area contributed by atoms with Gasteiger partial charge in [0, 0.05) is 30.2 Å². The van der Waals surface area contributed by atoms with Gasteiger partial charge in [-0.05, 0) is 59.3 Å². The fourth-order valence-corrected chi connectivity index (χ4v) is 3.52. The van der Waals surface area contributed by atoms with Crippen LogP contribution in [0.4, 0.5) is 23.7 Å². The Bertz CT molecular complexity index is 1100. The number of benzene rings is 3. The lowest BCUT2D eigenvalue weighted by molar-refractivity contribution is -0.137. The number of thioether (sulfide) groups is 1. The molecule has 3 rings (SSSR count). The van der Waals surface area contributed by atoms with E-state index >= 15 is 0 Å². The molecule has 0 aliphatic heterocycles. The zero-order valence-corrected chi connectivity index (χ0v) is 17.6. The number of amides is 2. The summed E-state index contributed by atoms with van der Waals surface area (Å²) in [4.78, 5) is 26.9. The summed E-state index contributed by atoms with van der Waals surface area (Å²) in [6, 6.07) is 18.2. The fraction of sp³-hybridized carbons (Fsp3) is 0.130. The Labute approximate surface area is 182 Å². The maximum atomic E-state index is 12.9. The molecule has 2 amide bonds. The smallest absolute Gasteiger partial charge is 0.339 e. The number of nitrogens with zero attached hydrogens (tertiary/aromatic N) is 1. The Morgan fingerprint density at radius 1 is 0.903 bits per heavy atom. The molecule has 0 saturated carbocycles. The van der Waals surface area contributed by atoms with E-state index in [1.54, 1.807) is 62.6 Å². The van der Waals surface area contributed by atoms with Gasteiger partial charge in [-0.25, -0.2) is 0 Å². The number of carbonyl (C=O) groups excluding carboxylic acids is 2. The zero-order valence-electron chi connectivity index (χ0n) is 16.7. The highest BCUT2D eigenvalue weighted by Crippen LogP contribution is 2.32. The van der Waals surface area contributed by atoms with Gasteiger partial charge in [-0.2, -0.15) is 13.2 Å². The van der Waals surface area contributed by atoms with E-state index in [1.165, 1.54) is 17.0 Å². The van der Waals surface area contributed by atoms with Crippen molar-refractivity contribution in [3.05, 3.63) is 83.9 Å². The molecule has 0 fully saturated rings. The van der Waals surface area contributed by atoms with Crippen LogP contribution in [0, 0.1) is 0 Å². The van der Waals surface area contributed by atoms with Crippen molar-refractivity contribution in [2.75, 3.05) is 19.4 Å². The highest BCUT2D eigenvalue weighted by molar-refractivity contribution is 8.13. The lowest BCUT2D eigenvalue weighted by Crippen LogP contribution is -2.16. The van der Waals surface area contributed by atoms with Crippen molar-refractivity contribution in [3.8, 4) is 11.1 Å². The van der Waals surface area contributed by atoms with E-state index in [4.69, 9.17) is 0 Å². The molecule has 0 aromatic heterocycles. The van der Waals surface area contributed by atoms with Gasteiger partial charge in [-0.1, -0.05) is 36.4 Å². The van der Waals surface area contributed by atoms with E-state index in [1.807, 2.05) is 0 Å². The Morgan fingerprint density at radius 2 is 1.58 bits per heavy atom. The first-order chi connectivity index (χ1) is 14.6. The quantitative estimate of drug-likeness (QED) is 0.474. The van der Waals surface area contributed by atoms with Crippen LogP contribution in [-0.2, 0) is 6.18 Å². The minimum absolute atomic E-state index is 0.142. The number of anilines is 1. The van der Waals surface area contributed by atoms with Gasteiger partial charge in [0.25, 0.3) is 11.1 Å². The van der Waals surface area contributed by atoms with E-state index in [0.29, 0.717) is 27.3 Å². The number of carbonyl (C=O) groups is 2. The van der Waals surface area contributed by atoms with Crippen LogP contribution in [0.5, 0.6) is 0 Å². The van der Waals surface area contributed by atoms with E-state index in [9.17, 15) is 22.8 Å². The van der Waals surface area contributed by atoms with Crippen molar-refractivity contribution in [1.82, 2.24) is 4.90 Å². The van der Waals surface area contributed by atoms with Crippen molar-refractivity contribution >= 4 is 28.6 Å². The number of alkyl halides is 3. The molecule has 1 N–H and O–H groups in total. The summed E-state index contributed by atoms with van der Waals surface area (Å²) in [5.41, 5.74) is 1.09. The molecular formula is C23H19F3N2O2S. The second-order valence-electron chi connectivity index (χ2n) is 6.87. The molecule has 31 heavy (non-hydrogen) atoms. The summed E-state index contributed by atoms with van der Waals surface area (Å²) < 4.78 is 38.5. The fourth-order valence-electron chi connectivity index (χ4n) is 2.80. The van der Waals surface area contributed by atoms with Gasteiger partial charge < -0.3 is 10.2 Å². The summed E-state index contributed by atoms with van der Waals surface area (Å²) in [5, 5.41) is 2.65. The van der Waals surface area contributed by atoms with E-state index in [0.717, 1.165) is 23.9 Å². The van der Waals surface area contributed by atoms with E-state index in [-0.39, 0.29) is 5.24 Å². The molecule has 0 heterocycles. The number of halogens is 3. The maximum absolute atomic E-state index is 12.9. The average Bonchev–Trinajstić information content (AvgIpc) is 2.73. The standard InChI is InChI=1S/C23H19F3N2O2S/c1-28(2)22(30)31-18-7-5-6-17(14-18)27-21(29)20-9-4-3-8-19(20)15-10-12-16(13-11-15)23(24,25)26/h3-14H,1-2H3,(H,27,29). The van der Waals surface area contributed by atoms with Gasteiger partial charge in [-0.15, -0.1) is 0 Å². The van der Waals surface area contributed by atoms with Crippen LogP contribution < -0.4 is 5.32 Å². The predicted octanol–water partition coefficient (Wildman–Crippen LogP) is 6.40. The van der Waals surface area contributed by atoms with Gasteiger partial charge in [0.2, 0.25) is 0 Å². The minimum atomic E-state index is -4.42. The molecule has 0 aliphatic rings. The van der Waals surface area contributed by atoms with Gasteiger partial charge in [0.05, 0.1) is 5.56 Å². The number of nitrogens with one attached hydrogen (secondary N) is 1. The van der Waals surface area contributed by atoms with Crippen molar-refractivity contribution in [1.29, 1.82) is 0 Å². The van der Waals surface area contributed by atoms with E-state index < -0.39 is 17.6 Å². The van der Waals surface area contributed by atoms with Crippen LogP contribution in [0.15, 0.2) is 77.7 Å². The third-order valence-corrected chi connectivity index (χ3v) is 5.39. The topological polar surface area (TPSA) is 49.4 Å². The average molecular weight is 444 g/mol. The molecule has 3 aromatic carbocycles. The summed E-state index contributed by atoms with van der Waals surface area (Å²) in [6.45, 7) is 0. The molecule has 0 aliphatic carbocycles. The highest BCUT2D eigenvalue weighted by Gasteiger charge is 2.30. The Kier molecular flexibility index (Phi) is 6.70. The summed E-state index contributed by atoms with van der Waals surface area (Å²) in [6.07, 6.45) is -4.42. The summed E-state index contributed by atoms with van der Waals surface area (Å²) in [5.74, 6) is -0.406. The Balaban J connectivity index is 1.83. The van der Waals surface area contributed by atoms with Gasteiger partial charge >= 0.3 is 6.18 Å². The Hall–Kier alpha value is -3.26. The van der Waals surface area contributed by atoms with Crippen molar-refractivity contribution in [2.45, 2.75) is 11.1 Å². The number of hydrogen-bond donors (Lipinski definition) is 1. The maximum Gasteiger partial charge on any atom is 0.416 e. The van der Waals surface area contributed by atoms with Gasteiger partial charge in [0.1, 0.15) is 0 Å². The lowest BCUT2D eigenvalue weighted by atomic mass is 9.98. The minimum Gasteiger partial charge on any atom is -0.339 e. The molecule has 0 bridgehead atoms. The van der Waals surface area contributed by atoms with Crippen molar-refractivity contribution in [3.63, 3.8) is 0 Å². The molecule has 0 spiro atoms. The van der Waals surface area contributed by atoms with Crippen LogP contribution in [-0.4, -0.2) is 30.1 Å². The number of rotatable bonds is 4. The summed E-state index contributed by atoms with van der Waals surface area (Å²) in [7, 11) is 3.30. The highest BCUT2D eigenvalue weighted by atomic mass is 32.2. The first-order valence-electron chi connectivity index (χ1n) is 9.22. The second-order valence-corrected chi connectivity index (χ2v) is 7.89. The van der Waals surface area contributed by atoms with Crippen molar-refractivity contribution < 1.29 is 22.8 Å². The molecule has 160 valence electrons. The first-order valence-corrected chi connectivity index (χ1v) is 10.0. The second kappa shape index (κ2) is 9.26. The molecule has 0 saturated heterocycles. The van der Waals surface area contributed by atoms with Crippen LogP contribution in [0.25, 0.3) is 11.1 Å². The number of hydrogen-bond acceptors (Lipinski definition) is 3. The van der Waals surface area contributed by atoms with Crippen LogP contribution in [0.2, 0.25) is 0 Å². The van der Waals surface area contributed by atoms with Gasteiger partial charge in [-0.3, -0.25) is 9.59 Å². The molecule has 0 radical (unpaired) electrons. The molecule has 0 atom stereocenters. The largest absolute Gasteiger partial charge is 0.416 e. The van der Waals surface area contributed by atoms with Crippen LogP contribution in [0.1, 0.15) is 15.9 Å². The predicted molar refractivity (Wildman–Crippen MR) is 116 cm³/mol. The molecule has 3 aromatic rings. The third kappa shape index (κ3) is 5.67. The molecule has 0 unspecified atom stereocenters. The molecule has 8 heteroatoms. The van der Waals surface area contributed by atoms with E-state index in [2.05, 4.69) is 5.32 Å². The molecule has 4 nitrogen and oxygen atoms in total. The van der Waals surface area contributed by atoms with Crippen LogP contribution >= 0.6 is 11.8 Å². The monoisotopic (exact) mass is 444 g/mol. The van der Waals surface area contributed by atoms with Crippen LogP contribution in [0.3, 0.4) is 0 Å².